The largest absolute Gasteiger partial charge is 0.477 e. The molecule has 1 rings (SSSR count). The summed E-state index contributed by atoms with van der Waals surface area (Å²) in [4.78, 5) is 17.8. The van der Waals surface area contributed by atoms with E-state index in [4.69, 9.17) is 5.11 Å². The lowest BCUT2D eigenvalue weighted by Gasteiger charge is -2.15. The number of non-ortho nitro benzene ring substituents is 1. The van der Waals surface area contributed by atoms with Crippen molar-refractivity contribution in [3.63, 3.8) is 0 Å². The predicted octanol–water partition coefficient (Wildman–Crippen LogP) is 4.85. The molecule has 0 aliphatic heterocycles. The highest BCUT2D eigenvalue weighted by Crippen LogP contribution is 2.48. The van der Waals surface area contributed by atoms with Crippen molar-refractivity contribution >= 4 is 40.1 Å². The lowest BCUT2D eigenvalue weighted by atomic mass is 10.2. The van der Waals surface area contributed by atoms with Gasteiger partial charge in [-0.25, -0.2) is 4.79 Å². The van der Waals surface area contributed by atoms with Gasteiger partial charge in [-0.2, -0.15) is 26.3 Å². The highest BCUT2D eigenvalue weighted by Gasteiger charge is 2.39. The first-order chi connectivity index (χ1) is 10.8. The monoisotopic (exact) mass is 393 g/mol. The van der Waals surface area contributed by atoms with E-state index in [0.717, 1.165) is 24.3 Å². The summed E-state index contributed by atoms with van der Waals surface area (Å²) < 4.78 is 75.1. The smallest absolute Gasteiger partial charge is 0.446 e. The van der Waals surface area contributed by atoms with Crippen molar-refractivity contribution < 1.29 is 41.2 Å². The first-order valence-corrected chi connectivity index (χ1v) is 7.17. The lowest BCUT2D eigenvalue weighted by Crippen LogP contribution is -2.10. The summed E-state index contributed by atoms with van der Waals surface area (Å²) in [5.41, 5.74) is -11.3. The maximum atomic E-state index is 12.6. The number of aliphatic carboxylic acids is 1. The topological polar surface area (TPSA) is 80.4 Å². The second-order valence-corrected chi connectivity index (χ2v) is 6.01. The van der Waals surface area contributed by atoms with Crippen molar-refractivity contribution in [2.24, 2.45) is 0 Å². The number of carboxylic acids is 1. The van der Waals surface area contributed by atoms with Crippen molar-refractivity contribution in [1.82, 2.24) is 0 Å². The number of hydrogen-bond donors (Lipinski definition) is 1. The van der Waals surface area contributed by atoms with Crippen LogP contribution in [-0.4, -0.2) is 27.0 Å². The fourth-order valence-corrected chi connectivity index (χ4v) is 2.83. The first kappa shape index (κ1) is 20.2. The zero-order valence-electron chi connectivity index (χ0n) is 11.0. The maximum absolute atomic E-state index is 12.6. The Hall–Kier alpha value is -1.89. The number of carboxylic acid groups (broad SMARTS) is 1. The van der Waals surface area contributed by atoms with Crippen LogP contribution in [-0.2, 0) is 4.79 Å². The summed E-state index contributed by atoms with van der Waals surface area (Å²) in [5.74, 6) is -2.21. The SMILES string of the molecule is O=C(O)/C(SC(F)(F)F)=C(/SC(F)(F)F)c1ccc([N+](=O)[O-])cc1. The molecule has 24 heavy (non-hydrogen) atoms. The molecule has 0 bridgehead atoms. The number of hydrogen-bond acceptors (Lipinski definition) is 5. The highest BCUT2D eigenvalue weighted by molar-refractivity contribution is 8.12. The Morgan fingerprint density at radius 3 is 1.79 bits per heavy atom. The van der Waals surface area contributed by atoms with Gasteiger partial charge in [0.15, 0.2) is 0 Å². The number of thioether (sulfide) groups is 2. The molecule has 0 aliphatic carbocycles. The van der Waals surface area contributed by atoms with Crippen LogP contribution in [0.15, 0.2) is 29.2 Å². The standard InChI is InChI=1S/C11H5F6NO4S2/c12-10(13,14)23-7(8(9(19)20)24-11(15,16)17)5-1-3-6(4-2-5)18(21)22/h1-4H,(H,19,20)/b8-7-. The van der Waals surface area contributed by atoms with Crippen LogP contribution in [0.4, 0.5) is 32.0 Å². The molecule has 1 N–H and O–H groups in total. The molecule has 0 fully saturated rings. The van der Waals surface area contributed by atoms with Crippen LogP contribution < -0.4 is 0 Å². The summed E-state index contributed by atoms with van der Waals surface area (Å²) >= 11 is -2.26. The van der Waals surface area contributed by atoms with Gasteiger partial charge in [-0.3, -0.25) is 10.1 Å². The van der Waals surface area contributed by atoms with Gasteiger partial charge in [0.2, 0.25) is 0 Å². The molecule has 13 heteroatoms. The molecule has 0 unspecified atom stereocenters. The number of nitrogens with zero attached hydrogens (tertiary/aromatic N) is 1. The normalized spacial score (nSPS) is 13.4. The number of benzene rings is 1. The summed E-state index contributed by atoms with van der Waals surface area (Å²) in [6.07, 6.45) is 0. The summed E-state index contributed by atoms with van der Waals surface area (Å²) in [5, 5.41) is 19.3. The van der Waals surface area contributed by atoms with E-state index in [1.54, 1.807) is 0 Å². The van der Waals surface area contributed by atoms with Gasteiger partial charge in [0.05, 0.1) is 4.92 Å². The van der Waals surface area contributed by atoms with Crippen LogP contribution in [0.1, 0.15) is 5.56 Å². The molecule has 0 radical (unpaired) electrons. The van der Waals surface area contributed by atoms with Crippen LogP contribution in [0, 0.1) is 10.1 Å². The van der Waals surface area contributed by atoms with E-state index >= 15 is 0 Å². The second-order valence-electron chi connectivity index (χ2n) is 3.86. The van der Waals surface area contributed by atoms with Gasteiger partial charge in [0, 0.05) is 17.0 Å². The van der Waals surface area contributed by atoms with Crippen molar-refractivity contribution in [3.8, 4) is 0 Å². The van der Waals surface area contributed by atoms with Gasteiger partial charge in [-0.1, -0.05) is 0 Å². The van der Waals surface area contributed by atoms with E-state index in [0.29, 0.717) is 0 Å². The number of carbonyl (C=O) groups is 1. The Morgan fingerprint density at radius 2 is 1.46 bits per heavy atom. The predicted molar refractivity (Wildman–Crippen MR) is 74.9 cm³/mol. The molecule has 5 nitrogen and oxygen atoms in total. The molecular weight excluding hydrogens is 388 g/mol. The van der Waals surface area contributed by atoms with Gasteiger partial charge in [0.1, 0.15) is 4.91 Å². The average Bonchev–Trinajstić information content (AvgIpc) is 2.40. The van der Waals surface area contributed by atoms with Gasteiger partial charge in [-0.15, -0.1) is 0 Å². The minimum Gasteiger partial charge on any atom is -0.477 e. The van der Waals surface area contributed by atoms with E-state index in [1.165, 1.54) is 0 Å². The third-order valence-electron chi connectivity index (χ3n) is 2.18. The number of nitro benzene ring substituents is 1. The second kappa shape index (κ2) is 7.34. The summed E-state index contributed by atoms with van der Waals surface area (Å²) in [7, 11) is 0. The molecule has 0 spiro atoms. The molecule has 0 saturated heterocycles. The minimum absolute atomic E-state index is 0.518. The van der Waals surface area contributed by atoms with E-state index in [-0.39, 0.29) is 0 Å². The van der Waals surface area contributed by atoms with E-state index < -0.39 is 66.5 Å². The Kier molecular flexibility index (Phi) is 6.16. The number of alkyl halides is 6. The van der Waals surface area contributed by atoms with Gasteiger partial charge < -0.3 is 5.11 Å². The molecule has 1 aromatic carbocycles. The van der Waals surface area contributed by atoms with Crippen LogP contribution in [0.25, 0.3) is 4.91 Å². The van der Waals surface area contributed by atoms with Crippen molar-refractivity contribution in [3.05, 3.63) is 44.8 Å². The van der Waals surface area contributed by atoms with Crippen molar-refractivity contribution in [1.29, 1.82) is 0 Å². The van der Waals surface area contributed by atoms with Gasteiger partial charge in [0.25, 0.3) is 5.69 Å². The Bertz CT molecular complexity index is 669. The van der Waals surface area contributed by atoms with Crippen LogP contribution in [0.2, 0.25) is 0 Å². The summed E-state index contributed by atoms with van der Waals surface area (Å²) in [6, 6.07) is 2.99. The maximum Gasteiger partial charge on any atom is 0.446 e. The average molecular weight is 393 g/mol. The zero-order valence-corrected chi connectivity index (χ0v) is 12.6. The van der Waals surface area contributed by atoms with E-state index in [1.807, 2.05) is 0 Å². The molecule has 0 saturated carbocycles. The molecule has 0 atom stereocenters. The third-order valence-corrected chi connectivity index (χ3v) is 4.00. The first-order valence-electron chi connectivity index (χ1n) is 5.54. The number of halogens is 6. The molecule has 0 aliphatic rings. The third kappa shape index (κ3) is 6.31. The number of nitro groups is 1. The molecule has 0 heterocycles. The van der Waals surface area contributed by atoms with Crippen LogP contribution in [0.5, 0.6) is 0 Å². The highest BCUT2D eigenvalue weighted by atomic mass is 32.2. The van der Waals surface area contributed by atoms with Crippen molar-refractivity contribution in [2.45, 2.75) is 11.0 Å². The van der Waals surface area contributed by atoms with Gasteiger partial charge in [-0.05, 0) is 41.2 Å². The fraction of sp³-hybridized carbons (Fsp3) is 0.182. The van der Waals surface area contributed by atoms with E-state index in [9.17, 15) is 41.3 Å². The quantitative estimate of drug-likeness (QED) is 0.333. The van der Waals surface area contributed by atoms with Crippen molar-refractivity contribution in [2.75, 3.05) is 0 Å². The van der Waals surface area contributed by atoms with Crippen LogP contribution >= 0.6 is 23.5 Å². The fourth-order valence-electron chi connectivity index (χ4n) is 1.39. The van der Waals surface area contributed by atoms with E-state index in [2.05, 4.69) is 0 Å². The molecular formula is C11H5F6NO4S2. The van der Waals surface area contributed by atoms with Gasteiger partial charge >= 0.3 is 17.0 Å². The minimum atomic E-state index is -5.13. The Balaban J connectivity index is 3.50. The zero-order chi connectivity index (χ0) is 18.7. The lowest BCUT2D eigenvalue weighted by molar-refractivity contribution is -0.384. The molecule has 132 valence electrons. The molecule has 0 aromatic heterocycles. The summed E-state index contributed by atoms with van der Waals surface area (Å²) in [6.45, 7) is 0. The Morgan fingerprint density at radius 1 is 1.00 bits per heavy atom. The Labute approximate surface area is 137 Å². The number of rotatable bonds is 5. The molecule has 0 amide bonds. The molecule has 1 aromatic rings. The van der Waals surface area contributed by atoms with Crippen LogP contribution in [0.3, 0.4) is 0 Å².